The Hall–Kier alpha value is -1.89. The van der Waals surface area contributed by atoms with Crippen LogP contribution in [0.3, 0.4) is 0 Å². The molecule has 0 aromatic heterocycles. The maximum Gasteiger partial charge on any atom is 0.0615 e. The fourth-order valence-corrected chi connectivity index (χ4v) is 1.58. The van der Waals surface area contributed by atoms with Gasteiger partial charge in [0.2, 0.25) is 0 Å². The highest BCUT2D eigenvalue weighted by Crippen LogP contribution is 2.21. The van der Waals surface area contributed by atoms with E-state index in [1.54, 1.807) is 0 Å². The first kappa shape index (κ1) is 13.2. The van der Waals surface area contributed by atoms with E-state index in [0.717, 1.165) is 16.7 Å². The summed E-state index contributed by atoms with van der Waals surface area (Å²) in [7, 11) is 0. The van der Waals surface area contributed by atoms with Gasteiger partial charge in [0, 0.05) is 0 Å². The predicted octanol–water partition coefficient (Wildman–Crippen LogP) is 4.53. The zero-order valence-corrected chi connectivity index (χ0v) is 10.7. The van der Waals surface area contributed by atoms with Crippen molar-refractivity contribution in [3.05, 3.63) is 71.4 Å². The molecule has 17 heavy (non-hydrogen) atoms. The molecule has 0 aliphatic heterocycles. The number of hydrogen-bond acceptors (Lipinski definition) is 1. The Morgan fingerprint density at radius 1 is 1.29 bits per heavy atom. The van der Waals surface area contributed by atoms with Crippen LogP contribution in [0.4, 0.5) is 0 Å². The second-order valence-electron chi connectivity index (χ2n) is 3.93. The zero-order valence-electron chi connectivity index (χ0n) is 10.7. The molecule has 0 amide bonds. The van der Waals surface area contributed by atoms with Gasteiger partial charge in [-0.2, -0.15) is 0 Å². The van der Waals surface area contributed by atoms with Crippen molar-refractivity contribution in [1.82, 2.24) is 0 Å². The molecule has 0 spiro atoms. The standard InChI is InChI=1S/C16H19N/c1-5-12(4)10-14(7-3)15-9-8-13(6-2)16(17)11-15/h5-11,17H,3H2,1-2,4H3/b12-5-,13-6-,14-10+,17-16?. The van der Waals surface area contributed by atoms with Gasteiger partial charge in [-0.25, -0.2) is 0 Å². The van der Waals surface area contributed by atoms with Crippen LogP contribution in [0.5, 0.6) is 0 Å². The monoisotopic (exact) mass is 225 g/mol. The second kappa shape index (κ2) is 6.00. The van der Waals surface area contributed by atoms with Gasteiger partial charge in [-0.05, 0) is 43.6 Å². The fourth-order valence-electron chi connectivity index (χ4n) is 1.58. The summed E-state index contributed by atoms with van der Waals surface area (Å²) in [4.78, 5) is 0. The smallest absolute Gasteiger partial charge is 0.0615 e. The lowest BCUT2D eigenvalue weighted by Gasteiger charge is -2.11. The highest BCUT2D eigenvalue weighted by molar-refractivity contribution is 6.10. The van der Waals surface area contributed by atoms with Crippen molar-refractivity contribution in [2.75, 3.05) is 0 Å². The van der Waals surface area contributed by atoms with Crippen molar-refractivity contribution in [3.8, 4) is 0 Å². The van der Waals surface area contributed by atoms with E-state index in [-0.39, 0.29) is 0 Å². The SMILES string of the molecule is C=C/C(=C\C(C)=C/C)C1=CC(=N)/C(=C\C)C=C1. The number of nitrogens with one attached hydrogen (secondary N) is 1. The van der Waals surface area contributed by atoms with Gasteiger partial charge in [-0.15, -0.1) is 0 Å². The first-order chi connectivity index (χ1) is 8.12. The quantitative estimate of drug-likeness (QED) is 0.682. The van der Waals surface area contributed by atoms with Crippen LogP contribution in [0.1, 0.15) is 20.8 Å². The fraction of sp³-hybridized carbons (Fsp3) is 0.188. The van der Waals surface area contributed by atoms with E-state index >= 15 is 0 Å². The van der Waals surface area contributed by atoms with E-state index < -0.39 is 0 Å². The molecule has 0 fully saturated rings. The van der Waals surface area contributed by atoms with Crippen LogP contribution in [-0.2, 0) is 0 Å². The van der Waals surface area contributed by atoms with Gasteiger partial charge in [-0.3, -0.25) is 0 Å². The van der Waals surface area contributed by atoms with Crippen molar-refractivity contribution in [2.24, 2.45) is 0 Å². The van der Waals surface area contributed by atoms with Gasteiger partial charge < -0.3 is 5.41 Å². The molecule has 1 rings (SSSR count). The summed E-state index contributed by atoms with van der Waals surface area (Å²) in [5, 5.41) is 7.90. The van der Waals surface area contributed by atoms with Gasteiger partial charge >= 0.3 is 0 Å². The van der Waals surface area contributed by atoms with Gasteiger partial charge in [-0.1, -0.05) is 48.6 Å². The van der Waals surface area contributed by atoms with Gasteiger partial charge in [0.25, 0.3) is 0 Å². The lowest BCUT2D eigenvalue weighted by molar-refractivity contribution is 1.40. The summed E-state index contributed by atoms with van der Waals surface area (Å²) in [5.41, 5.74) is 4.79. The normalized spacial score (nSPS) is 19.6. The van der Waals surface area contributed by atoms with E-state index in [4.69, 9.17) is 5.41 Å². The third-order valence-corrected chi connectivity index (χ3v) is 2.76. The highest BCUT2D eigenvalue weighted by Gasteiger charge is 2.08. The minimum absolute atomic E-state index is 0.552. The molecule has 0 heterocycles. The third-order valence-electron chi connectivity index (χ3n) is 2.76. The molecule has 1 N–H and O–H groups in total. The molecule has 0 bridgehead atoms. The molecule has 0 saturated carbocycles. The van der Waals surface area contributed by atoms with Crippen molar-refractivity contribution in [2.45, 2.75) is 20.8 Å². The summed E-state index contributed by atoms with van der Waals surface area (Å²) in [5.74, 6) is 0. The first-order valence-electron chi connectivity index (χ1n) is 5.74. The van der Waals surface area contributed by atoms with Crippen molar-refractivity contribution in [1.29, 1.82) is 5.41 Å². The average molecular weight is 225 g/mol. The summed E-state index contributed by atoms with van der Waals surface area (Å²) < 4.78 is 0. The van der Waals surface area contributed by atoms with Crippen LogP contribution in [0.15, 0.2) is 71.4 Å². The molecular formula is C16H19N. The zero-order chi connectivity index (χ0) is 12.8. The van der Waals surface area contributed by atoms with Crippen molar-refractivity contribution >= 4 is 5.71 Å². The van der Waals surface area contributed by atoms with E-state index in [0.29, 0.717) is 5.71 Å². The molecule has 1 aliphatic rings. The first-order valence-corrected chi connectivity index (χ1v) is 5.74. The Kier molecular flexibility index (Phi) is 4.65. The maximum absolute atomic E-state index is 7.90. The molecule has 0 unspecified atom stereocenters. The summed E-state index contributed by atoms with van der Waals surface area (Å²) in [6.45, 7) is 9.84. The number of hydrogen-bond donors (Lipinski definition) is 1. The minimum Gasteiger partial charge on any atom is -0.300 e. The predicted molar refractivity (Wildman–Crippen MR) is 76.4 cm³/mol. The van der Waals surface area contributed by atoms with Crippen LogP contribution in [0.25, 0.3) is 0 Å². The molecule has 0 radical (unpaired) electrons. The Morgan fingerprint density at radius 2 is 2.00 bits per heavy atom. The maximum atomic E-state index is 7.90. The molecular weight excluding hydrogens is 206 g/mol. The Balaban J connectivity index is 3.10. The molecule has 0 aromatic rings. The molecule has 0 aromatic carbocycles. The van der Waals surface area contributed by atoms with Crippen LogP contribution in [-0.4, -0.2) is 5.71 Å². The van der Waals surface area contributed by atoms with E-state index in [1.165, 1.54) is 5.57 Å². The molecule has 1 aliphatic carbocycles. The van der Waals surface area contributed by atoms with Crippen molar-refractivity contribution in [3.63, 3.8) is 0 Å². The van der Waals surface area contributed by atoms with Crippen LogP contribution in [0, 0.1) is 5.41 Å². The molecule has 0 saturated heterocycles. The summed E-state index contributed by atoms with van der Waals surface area (Å²) >= 11 is 0. The van der Waals surface area contributed by atoms with Gasteiger partial charge in [0.05, 0.1) is 5.71 Å². The Labute approximate surface area is 104 Å². The minimum atomic E-state index is 0.552. The van der Waals surface area contributed by atoms with Crippen LogP contribution < -0.4 is 0 Å². The number of rotatable bonds is 3. The lowest BCUT2D eigenvalue weighted by atomic mass is 9.94. The highest BCUT2D eigenvalue weighted by atomic mass is 14.4. The van der Waals surface area contributed by atoms with Crippen LogP contribution >= 0.6 is 0 Å². The van der Waals surface area contributed by atoms with E-state index in [9.17, 15) is 0 Å². The molecule has 0 atom stereocenters. The van der Waals surface area contributed by atoms with Crippen molar-refractivity contribution < 1.29 is 0 Å². The summed E-state index contributed by atoms with van der Waals surface area (Å²) in [6.07, 6.45) is 13.8. The third kappa shape index (κ3) is 3.28. The van der Waals surface area contributed by atoms with Crippen LogP contribution in [0.2, 0.25) is 0 Å². The summed E-state index contributed by atoms with van der Waals surface area (Å²) in [6, 6.07) is 0. The molecule has 1 heteroatoms. The van der Waals surface area contributed by atoms with Gasteiger partial charge in [0.1, 0.15) is 0 Å². The van der Waals surface area contributed by atoms with E-state index in [2.05, 4.69) is 25.7 Å². The largest absolute Gasteiger partial charge is 0.300 e. The van der Waals surface area contributed by atoms with Gasteiger partial charge in [0.15, 0.2) is 0 Å². The lowest BCUT2D eigenvalue weighted by Crippen LogP contribution is -2.02. The van der Waals surface area contributed by atoms with E-state index in [1.807, 2.05) is 44.2 Å². The molecule has 1 nitrogen and oxygen atoms in total. The Bertz CT molecular complexity index is 480. The second-order valence-corrected chi connectivity index (χ2v) is 3.93. The number of allylic oxidation sites excluding steroid dienone is 11. The topological polar surface area (TPSA) is 23.9 Å². The Morgan fingerprint density at radius 3 is 2.47 bits per heavy atom. The average Bonchev–Trinajstić information content (AvgIpc) is 2.35. The molecule has 88 valence electrons.